The Morgan fingerprint density at radius 2 is 1.88 bits per heavy atom. The van der Waals surface area contributed by atoms with Crippen LogP contribution in [0.15, 0.2) is 48.7 Å². The molecule has 1 saturated heterocycles. The smallest absolute Gasteiger partial charge is 0.253 e. The zero-order valence-corrected chi connectivity index (χ0v) is 20.4. The van der Waals surface area contributed by atoms with Crippen molar-refractivity contribution in [1.82, 2.24) is 29.2 Å². The first-order valence-electron chi connectivity index (χ1n) is 12.1. The maximum atomic E-state index is 13.3. The fraction of sp³-hybridized carbons (Fsp3) is 0.407. The highest BCUT2D eigenvalue weighted by Gasteiger charge is 2.28. The molecule has 1 aliphatic heterocycles. The van der Waals surface area contributed by atoms with Crippen molar-refractivity contribution in [1.29, 1.82) is 0 Å². The largest absolute Gasteiger partial charge is 0.338 e. The zero-order valence-electron chi connectivity index (χ0n) is 20.4. The lowest BCUT2D eigenvalue weighted by atomic mass is 10.0. The molecule has 0 radical (unpaired) electrons. The Hall–Kier alpha value is -3.48. The summed E-state index contributed by atoms with van der Waals surface area (Å²) < 4.78 is 4.30. The molecule has 0 atom stereocenters. The number of piperidine rings is 1. The molecule has 0 bridgehead atoms. The van der Waals surface area contributed by atoms with Gasteiger partial charge < -0.3 is 9.47 Å². The lowest BCUT2D eigenvalue weighted by molar-refractivity contribution is 0.0694. The van der Waals surface area contributed by atoms with Crippen LogP contribution in [0.25, 0.3) is 11.2 Å². The maximum Gasteiger partial charge on any atom is 0.253 e. The summed E-state index contributed by atoms with van der Waals surface area (Å²) in [6.45, 7) is 10.5. The van der Waals surface area contributed by atoms with Gasteiger partial charge in [0.2, 0.25) is 0 Å². The Kier molecular flexibility index (Phi) is 5.94. The molecule has 3 aromatic heterocycles. The van der Waals surface area contributed by atoms with Gasteiger partial charge in [0, 0.05) is 42.5 Å². The van der Waals surface area contributed by atoms with E-state index in [1.165, 1.54) is 0 Å². The minimum absolute atomic E-state index is 0.103. The van der Waals surface area contributed by atoms with E-state index in [4.69, 9.17) is 4.98 Å². The maximum absolute atomic E-state index is 13.3. The van der Waals surface area contributed by atoms with Gasteiger partial charge in [-0.15, -0.1) is 0 Å². The number of benzene rings is 1. The Morgan fingerprint density at radius 1 is 1.09 bits per heavy atom. The summed E-state index contributed by atoms with van der Waals surface area (Å²) >= 11 is 0. The van der Waals surface area contributed by atoms with Gasteiger partial charge in [-0.25, -0.2) is 9.97 Å². The summed E-state index contributed by atoms with van der Waals surface area (Å²) in [7, 11) is 0. The number of fused-ring (bicyclic) bond motifs is 1. The number of rotatable bonds is 5. The summed E-state index contributed by atoms with van der Waals surface area (Å²) in [6, 6.07) is 14.3. The van der Waals surface area contributed by atoms with E-state index in [2.05, 4.69) is 47.6 Å². The Labute approximate surface area is 200 Å². The fourth-order valence-corrected chi connectivity index (χ4v) is 5.03. The number of hydrogen-bond acceptors (Lipinski definition) is 4. The number of nitrogens with zero attached hydrogens (tertiary/aromatic N) is 6. The summed E-state index contributed by atoms with van der Waals surface area (Å²) in [5.74, 6) is 1.50. The van der Waals surface area contributed by atoms with Crippen LogP contribution in [-0.2, 0) is 6.54 Å². The van der Waals surface area contributed by atoms with E-state index in [1.54, 1.807) is 0 Å². The van der Waals surface area contributed by atoms with Crippen molar-refractivity contribution < 1.29 is 4.79 Å². The van der Waals surface area contributed by atoms with Crippen molar-refractivity contribution in [3.63, 3.8) is 0 Å². The van der Waals surface area contributed by atoms with Crippen molar-refractivity contribution in [2.75, 3.05) is 13.1 Å². The first-order chi connectivity index (χ1) is 16.4. The van der Waals surface area contributed by atoms with Gasteiger partial charge in [0.25, 0.3) is 5.91 Å². The van der Waals surface area contributed by atoms with Crippen molar-refractivity contribution in [2.45, 2.75) is 59.0 Å². The Morgan fingerprint density at radius 3 is 2.59 bits per heavy atom. The number of aromatic nitrogens is 5. The molecule has 0 unspecified atom stereocenters. The standard InChI is InChI=1S/C27H32N6O/c1-18(2)25-29-24-9-6-12-28-26(24)33(25)23-10-13-31(14-11-23)27(34)22-8-5-7-21(16-22)17-32-20(4)15-19(3)30-32/h5-9,12,15-16,18,23H,10-11,13-14,17H2,1-4H3. The van der Waals surface area contributed by atoms with Crippen LogP contribution in [0.4, 0.5) is 0 Å². The molecule has 1 amide bonds. The average molecular weight is 457 g/mol. The first kappa shape index (κ1) is 22.3. The Bertz CT molecular complexity index is 1330. The van der Waals surface area contributed by atoms with Crippen molar-refractivity contribution in [3.05, 3.63) is 77.0 Å². The Balaban J connectivity index is 1.30. The second-order valence-electron chi connectivity index (χ2n) is 9.65. The number of pyridine rings is 1. The molecule has 4 aromatic rings. The fourth-order valence-electron chi connectivity index (χ4n) is 5.03. The molecule has 176 valence electrons. The van der Waals surface area contributed by atoms with E-state index in [0.29, 0.717) is 18.5 Å². The molecule has 0 aliphatic carbocycles. The number of likely N-dealkylation sites (tertiary alicyclic amines) is 1. The van der Waals surface area contributed by atoms with Crippen LogP contribution in [0.1, 0.15) is 71.8 Å². The zero-order chi connectivity index (χ0) is 23.8. The molecule has 0 N–H and O–H groups in total. The van der Waals surface area contributed by atoms with Crippen molar-refractivity contribution in [2.24, 2.45) is 0 Å². The summed E-state index contributed by atoms with van der Waals surface area (Å²) in [6.07, 6.45) is 3.64. The summed E-state index contributed by atoms with van der Waals surface area (Å²) in [5, 5.41) is 4.55. The van der Waals surface area contributed by atoms with E-state index >= 15 is 0 Å². The van der Waals surface area contributed by atoms with Gasteiger partial charge in [0.1, 0.15) is 11.3 Å². The van der Waals surface area contributed by atoms with Crippen molar-refractivity contribution in [3.8, 4) is 0 Å². The van der Waals surface area contributed by atoms with Crippen LogP contribution >= 0.6 is 0 Å². The molecule has 7 nitrogen and oxygen atoms in total. The molecule has 7 heteroatoms. The predicted octanol–water partition coefficient (Wildman–Crippen LogP) is 4.89. The van der Waals surface area contributed by atoms with Crippen LogP contribution in [0.3, 0.4) is 0 Å². The number of imidazole rings is 1. The molecule has 0 spiro atoms. The van der Waals surface area contributed by atoms with Gasteiger partial charge in [-0.1, -0.05) is 26.0 Å². The van der Waals surface area contributed by atoms with E-state index in [0.717, 1.165) is 65.4 Å². The number of hydrogen-bond donors (Lipinski definition) is 0. The van der Waals surface area contributed by atoms with Crippen LogP contribution in [0.5, 0.6) is 0 Å². The highest BCUT2D eigenvalue weighted by Crippen LogP contribution is 2.31. The second kappa shape index (κ2) is 9.05. The van der Waals surface area contributed by atoms with Crippen LogP contribution in [0, 0.1) is 13.8 Å². The third kappa shape index (κ3) is 4.22. The van der Waals surface area contributed by atoms with E-state index in [-0.39, 0.29) is 5.91 Å². The molecule has 34 heavy (non-hydrogen) atoms. The van der Waals surface area contributed by atoms with Gasteiger partial charge in [-0.2, -0.15) is 5.10 Å². The normalized spacial score (nSPS) is 14.9. The van der Waals surface area contributed by atoms with E-state index < -0.39 is 0 Å². The highest BCUT2D eigenvalue weighted by atomic mass is 16.2. The minimum atomic E-state index is 0.103. The summed E-state index contributed by atoms with van der Waals surface area (Å²) in [5.41, 5.74) is 5.87. The molecule has 4 heterocycles. The third-order valence-electron chi connectivity index (χ3n) is 6.72. The van der Waals surface area contributed by atoms with Gasteiger partial charge in [0.05, 0.1) is 12.2 Å². The molecule has 0 saturated carbocycles. The molecule has 1 fully saturated rings. The second-order valence-corrected chi connectivity index (χ2v) is 9.65. The SMILES string of the molecule is Cc1cc(C)n(Cc2cccc(C(=O)N3CCC(n4c(C(C)C)nc5cccnc54)CC3)c2)n1. The van der Waals surface area contributed by atoms with Crippen LogP contribution in [0.2, 0.25) is 0 Å². The number of carbonyl (C=O) groups is 1. The molecule has 5 rings (SSSR count). The quantitative estimate of drug-likeness (QED) is 0.429. The van der Waals surface area contributed by atoms with E-state index in [1.807, 2.05) is 53.0 Å². The van der Waals surface area contributed by atoms with Gasteiger partial charge in [0.15, 0.2) is 5.65 Å². The lowest BCUT2D eigenvalue weighted by Crippen LogP contribution is -2.39. The van der Waals surface area contributed by atoms with Gasteiger partial charge >= 0.3 is 0 Å². The molecular weight excluding hydrogens is 424 g/mol. The van der Waals surface area contributed by atoms with Gasteiger partial charge in [-0.05, 0) is 62.6 Å². The highest BCUT2D eigenvalue weighted by molar-refractivity contribution is 5.94. The topological polar surface area (TPSA) is 68.8 Å². The number of aryl methyl sites for hydroxylation is 2. The van der Waals surface area contributed by atoms with Crippen LogP contribution < -0.4 is 0 Å². The average Bonchev–Trinajstić information content (AvgIpc) is 3.38. The lowest BCUT2D eigenvalue weighted by Gasteiger charge is -2.34. The molecule has 1 aromatic carbocycles. The van der Waals surface area contributed by atoms with Crippen LogP contribution in [-0.4, -0.2) is 48.2 Å². The monoisotopic (exact) mass is 456 g/mol. The number of amides is 1. The van der Waals surface area contributed by atoms with Crippen molar-refractivity contribution >= 4 is 17.1 Å². The van der Waals surface area contributed by atoms with E-state index in [9.17, 15) is 4.79 Å². The molecule has 1 aliphatic rings. The van der Waals surface area contributed by atoms with Gasteiger partial charge in [-0.3, -0.25) is 9.48 Å². The predicted molar refractivity (Wildman–Crippen MR) is 133 cm³/mol. The first-order valence-corrected chi connectivity index (χ1v) is 12.1. The summed E-state index contributed by atoms with van der Waals surface area (Å²) in [4.78, 5) is 24.8. The molecular formula is C27H32N6O. The minimum Gasteiger partial charge on any atom is -0.338 e. The third-order valence-corrected chi connectivity index (χ3v) is 6.72. The number of carbonyl (C=O) groups excluding carboxylic acids is 1.